The first-order chi connectivity index (χ1) is 6.59. The number of rotatable bonds is 1. The van der Waals surface area contributed by atoms with Gasteiger partial charge >= 0.3 is 0 Å². The zero-order chi connectivity index (χ0) is 10.6. The Balaban J connectivity index is 2.65. The SMILES string of the molecule is CC(=O)NNC(=O)c1ccnc(F)c1. The number of carbonyl (C=O) groups is 2. The maximum Gasteiger partial charge on any atom is 0.269 e. The molecule has 0 radical (unpaired) electrons. The van der Waals surface area contributed by atoms with Gasteiger partial charge in [0.15, 0.2) is 0 Å². The van der Waals surface area contributed by atoms with Crippen LogP contribution in [0.1, 0.15) is 17.3 Å². The maximum absolute atomic E-state index is 12.5. The Kier molecular flexibility index (Phi) is 3.11. The number of nitrogens with one attached hydrogen (secondary N) is 2. The minimum Gasteiger partial charge on any atom is -0.274 e. The van der Waals surface area contributed by atoms with Crippen LogP contribution in [0.3, 0.4) is 0 Å². The summed E-state index contributed by atoms with van der Waals surface area (Å²) in [5, 5.41) is 0. The number of aromatic nitrogens is 1. The van der Waals surface area contributed by atoms with Gasteiger partial charge in [-0.2, -0.15) is 4.39 Å². The predicted molar refractivity (Wildman–Crippen MR) is 45.5 cm³/mol. The molecule has 2 amide bonds. The average molecular weight is 197 g/mol. The summed E-state index contributed by atoms with van der Waals surface area (Å²) >= 11 is 0. The molecule has 0 aliphatic heterocycles. The van der Waals surface area contributed by atoms with E-state index in [-0.39, 0.29) is 5.56 Å². The molecule has 1 heterocycles. The largest absolute Gasteiger partial charge is 0.274 e. The van der Waals surface area contributed by atoms with E-state index < -0.39 is 17.8 Å². The van der Waals surface area contributed by atoms with Crippen molar-refractivity contribution < 1.29 is 14.0 Å². The van der Waals surface area contributed by atoms with Gasteiger partial charge < -0.3 is 0 Å². The van der Waals surface area contributed by atoms with Crippen LogP contribution < -0.4 is 10.9 Å². The zero-order valence-electron chi connectivity index (χ0n) is 7.37. The molecule has 5 nitrogen and oxygen atoms in total. The molecule has 0 bridgehead atoms. The average Bonchev–Trinajstić information content (AvgIpc) is 2.14. The Morgan fingerprint density at radius 3 is 2.71 bits per heavy atom. The van der Waals surface area contributed by atoms with E-state index in [0.717, 1.165) is 12.3 Å². The summed E-state index contributed by atoms with van der Waals surface area (Å²) in [7, 11) is 0. The lowest BCUT2D eigenvalue weighted by Gasteiger charge is -2.03. The topological polar surface area (TPSA) is 71.1 Å². The van der Waals surface area contributed by atoms with Gasteiger partial charge in [-0.15, -0.1) is 0 Å². The molecule has 14 heavy (non-hydrogen) atoms. The highest BCUT2D eigenvalue weighted by Gasteiger charge is 2.06. The van der Waals surface area contributed by atoms with Crippen molar-refractivity contribution in [3.8, 4) is 0 Å². The smallest absolute Gasteiger partial charge is 0.269 e. The van der Waals surface area contributed by atoms with Crippen LogP contribution >= 0.6 is 0 Å². The van der Waals surface area contributed by atoms with Crippen LogP contribution in [0.4, 0.5) is 4.39 Å². The van der Waals surface area contributed by atoms with E-state index in [4.69, 9.17) is 0 Å². The summed E-state index contributed by atoms with van der Waals surface area (Å²) in [6, 6.07) is 2.30. The molecule has 0 aliphatic carbocycles. The molecule has 0 spiro atoms. The molecule has 0 aliphatic rings. The fourth-order valence-corrected chi connectivity index (χ4v) is 0.761. The number of amides is 2. The van der Waals surface area contributed by atoms with Crippen molar-refractivity contribution in [1.82, 2.24) is 15.8 Å². The lowest BCUT2D eigenvalue weighted by atomic mass is 10.2. The predicted octanol–water partition coefficient (Wildman–Crippen LogP) is 0.00160. The molecule has 74 valence electrons. The van der Waals surface area contributed by atoms with E-state index in [2.05, 4.69) is 15.8 Å². The third-order valence-electron chi connectivity index (χ3n) is 1.34. The molecular formula is C8H8FN3O2. The van der Waals surface area contributed by atoms with Crippen LogP contribution in [-0.4, -0.2) is 16.8 Å². The van der Waals surface area contributed by atoms with E-state index in [0.29, 0.717) is 0 Å². The van der Waals surface area contributed by atoms with Crippen molar-refractivity contribution in [3.63, 3.8) is 0 Å². The second-order valence-electron chi connectivity index (χ2n) is 2.50. The molecule has 2 N–H and O–H groups in total. The van der Waals surface area contributed by atoms with Crippen LogP contribution in [-0.2, 0) is 4.79 Å². The van der Waals surface area contributed by atoms with Crippen LogP contribution in [0, 0.1) is 5.95 Å². The standard InChI is InChI=1S/C8H8FN3O2/c1-5(13)11-12-8(14)6-2-3-10-7(9)4-6/h2-4H,1H3,(H,11,13)(H,12,14). The minimum atomic E-state index is -0.750. The van der Waals surface area contributed by atoms with Gasteiger partial charge in [-0.05, 0) is 6.07 Å². The zero-order valence-corrected chi connectivity index (χ0v) is 7.37. The monoisotopic (exact) mass is 197 g/mol. The molecule has 0 atom stereocenters. The number of hydrogen-bond donors (Lipinski definition) is 2. The van der Waals surface area contributed by atoms with Crippen LogP contribution in [0.15, 0.2) is 18.3 Å². The Morgan fingerprint density at radius 1 is 1.43 bits per heavy atom. The van der Waals surface area contributed by atoms with Gasteiger partial charge in [-0.1, -0.05) is 0 Å². The number of carbonyl (C=O) groups excluding carboxylic acids is 2. The van der Waals surface area contributed by atoms with Gasteiger partial charge in [-0.25, -0.2) is 4.98 Å². The van der Waals surface area contributed by atoms with Crippen LogP contribution in [0.2, 0.25) is 0 Å². The quantitative estimate of drug-likeness (QED) is 0.491. The third kappa shape index (κ3) is 2.81. The second-order valence-corrected chi connectivity index (χ2v) is 2.50. The first kappa shape index (κ1) is 10.1. The molecule has 6 heteroatoms. The van der Waals surface area contributed by atoms with Crippen molar-refractivity contribution in [1.29, 1.82) is 0 Å². The Morgan fingerprint density at radius 2 is 2.14 bits per heavy atom. The lowest BCUT2D eigenvalue weighted by molar-refractivity contribution is -0.119. The molecular weight excluding hydrogens is 189 g/mol. The summed E-state index contributed by atoms with van der Waals surface area (Å²) in [4.78, 5) is 24.9. The molecule has 0 saturated carbocycles. The fourth-order valence-electron chi connectivity index (χ4n) is 0.761. The normalized spacial score (nSPS) is 9.29. The Labute approximate surface area is 79.3 Å². The highest BCUT2D eigenvalue weighted by molar-refractivity contribution is 5.94. The first-order valence-corrected chi connectivity index (χ1v) is 3.78. The minimum absolute atomic E-state index is 0.0891. The van der Waals surface area contributed by atoms with E-state index in [1.807, 2.05) is 0 Å². The maximum atomic E-state index is 12.5. The van der Waals surface area contributed by atoms with Crippen molar-refractivity contribution in [2.24, 2.45) is 0 Å². The fraction of sp³-hybridized carbons (Fsp3) is 0.125. The Hall–Kier alpha value is -1.98. The number of nitrogens with zero attached hydrogens (tertiary/aromatic N) is 1. The highest BCUT2D eigenvalue weighted by atomic mass is 19.1. The van der Waals surface area contributed by atoms with Gasteiger partial charge in [0, 0.05) is 24.8 Å². The van der Waals surface area contributed by atoms with Gasteiger partial charge in [0.05, 0.1) is 0 Å². The summed E-state index contributed by atoms with van der Waals surface area (Å²) in [5.41, 5.74) is 4.26. The van der Waals surface area contributed by atoms with E-state index >= 15 is 0 Å². The molecule has 0 aromatic carbocycles. The summed E-state index contributed by atoms with van der Waals surface area (Å²) < 4.78 is 12.5. The molecule has 1 aromatic heterocycles. The van der Waals surface area contributed by atoms with Gasteiger partial charge in [0.1, 0.15) is 0 Å². The van der Waals surface area contributed by atoms with E-state index in [1.165, 1.54) is 13.0 Å². The van der Waals surface area contributed by atoms with Gasteiger partial charge in [-0.3, -0.25) is 20.4 Å². The summed E-state index contributed by atoms with van der Waals surface area (Å²) in [6.45, 7) is 1.24. The van der Waals surface area contributed by atoms with Gasteiger partial charge in [0.2, 0.25) is 11.9 Å². The summed E-state index contributed by atoms with van der Waals surface area (Å²) in [6.07, 6.45) is 1.16. The highest BCUT2D eigenvalue weighted by Crippen LogP contribution is 1.99. The molecule has 1 rings (SSSR count). The molecule has 0 saturated heterocycles. The van der Waals surface area contributed by atoms with Crippen molar-refractivity contribution >= 4 is 11.8 Å². The van der Waals surface area contributed by atoms with Crippen molar-refractivity contribution in [2.75, 3.05) is 0 Å². The molecule has 0 unspecified atom stereocenters. The third-order valence-corrected chi connectivity index (χ3v) is 1.34. The Bertz CT molecular complexity index is 367. The van der Waals surface area contributed by atoms with Crippen molar-refractivity contribution in [3.05, 3.63) is 29.8 Å². The lowest BCUT2D eigenvalue weighted by Crippen LogP contribution is -2.40. The van der Waals surface area contributed by atoms with Crippen LogP contribution in [0.25, 0.3) is 0 Å². The molecule has 0 fully saturated rings. The number of hydrazine groups is 1. The number of halogens is 1. The van der Waals surface area contributed by atoms with E-state index in [1.54, 1.807) is 0 Å². The first-order valence-electron chi connectivity index (χ1n) is 3.78. The van der Waals surface area contributed by atoms with E-state index in [9.17, 15) is 14.0 Å². The number of pyridine rings is 1. The molecule has 1 aromatic rings. The second kappa shape index (κ2) is 4.31. The van der Waals surface area contributed by atoms with Gasteiger partial charge in [0.25, 0.3) is 5.91 Å². The summed E-state index contributed by atoms with van der Waals surface area (Å²) in [5.74, 6) is -1.75. The van der Waals surface area contributed by atoms with Crippen molar-refractivity contribution in [2.45, 2.75) is 6.92 Å². The number of hydrogen-bond acceptors (Lipinski definition) is 3. The van der Waals surface area contributed by atoms with Crippen LogP contribution in [0.5, 0.6) is 0 Å².